The summed E-state index contributed by atoms with van der Waals surface area (Å²) < 4.78 is 23.0. The van der Waals surface area contributed by atoms with Crippen molar-refractivity contribution in [2.45, 2.75) is 90.9 Å². The summed E-state index contributed by atoms with van der Waals surface area (Å²) >= 11 is 0. The smallest absolute Gasteiger partial charge is 0.311 e. The zero-order chi connectivity index (χ0) is 43.2. The first-order valence-corrected chi connectivity index (χ1v) is 21.8. The third kappa shape index (κ3) is 15.4. The number of hydrogen-bond acceptors (Lipinski definition) is 10. The molecule has 10 nitrogen and oxygen atoms in total. The number of esters is 2. The van der Waals surface area contributed by atoms with Gasteiger partial charge >= 0.3 is 11.9 Å². The lowest BCUT2D eigenvalue weighted by molar-refractivity contribution is -0.135. The molecule has 0 aliphatic carbocycles. The van der Waals surface area contributed by atoms with Gasteiger partial charge in [0.2, 0.25) is 0 Å². The highest BCUT2D eigenvalue weighted by atomic mass is 16.5. The van der Waals surface area contributed by atoms with Crippen LogP contribution in [-0.2, 0) is 22.4 Å². The van der Waals surface area contributed by atoms with Crippen LogP contribution in [0.1, 0.15) is 89.2 Å². The number of hydrogen-bond donors (Lipinski definition) is 0. The van der Waals surface area contributed by atoms with Gasteiger partial charge in [-0.15, -0.1) is 0 Å². The Morgan fingerprint density at radius 1 is 0.403 bits per heavy atom. The lowest BCUT2D eigenvalue weighted by Gasteiger charge is -2.09. The fraction of sp³-hybridized carbons (Fsp3) is 0.308. The highest BCUT2D eigenvalue weighted by Crippen LogP contribution is 2.27. The number of azo groups is 2. The Labute approximate surface area is 365 Å². The van der Waals surface area contributed by atoms with Crippen molar-refractivity contribution >= 4 is 45.5 Å². The van der Waals surface area contributed by atoms with Gasteiger partial charge in [-0.2, -0.15) is 20.5 Å². The molecule has 0 aromatic heterocycles. The zero-order valence-corrected chi connectivity index (χ0v) is 35.8. The van der Waals surface area contributed by atoms with Gasteiger partial charge in [0, 0.05) is 12.8 Å². The van der Waals surface area contributed by atoms with E-state index in [2.05, 4.69) is 58.6 Å². The van der Waals surface area contributed by atoms with E-state index in [0.717, 1.165) is 57.9 Å². The maximum absolute atomic E-state index is 12.6. The van der Waals surface area contributed by atoms with E-state index in [-0.39, 0.29) is 24.8 Å². The van der Waals surface area contributed by atoms with Crippen molar-refractivity contribution in [1.82, 2.24) is 0 Å². The van der Waals surface area contributed by atoms with Crippen molar-refractivity contribution in [2.75, 3.05) is 13.2 Å². The van der Waals surface area contributed by atoms with Crippen LogP contribution >= 0.6 is 0 Å². The van der Waals surface area contributed by atoms with Gasteiger partial charge in [-0.3, -0.25) is 9.59 Å². The van der Waals surface area contributed by atoms with Gasteiger partial charge in [0.1, 0.15) is 23.0 Å². The number of carbonyl (C=O) groups excluding carboxylic acids is 2. The van der Waals surface area contributed by atoms with Crippen LogP contribution in [0.15, 0.2) is 154 Å². The predicted octanol–water partition coefficient (Wildman–Crippen LogP) is 14.7. The molecule has 10 heteroatoms. The molecular weight excluding hydrogens is 777 g/mol. The number of aryl methyl sites for hydroxylation is 2. The lowest BCUT2D eigenvalue weighted by atomic mass is 10.1. The molecule has 0 atom stereocenters. The molecule has 6 rings (SSSR count). The van der Waals surface area contributed by atoms with Crippen LogP contribution in [0.2, 0.25) is 0 Å². The summed E-state index contributed by atoms with van der Waals surface area (Å²) in [5.41, 5.74) is 5.76. The van der Waals surface area contributed by atoms with Crippen molar-refractivity contribution in [1.29, 1.82) is 0 Å². The average Bonchev–Trinajstić information content (AvgIpc) is 3.30. The Morgan fingerprint density at radius 2 is 0.758 bits per heavy atom. The molecule has 0 heterocycles. The van der Waals surface area contributed by atoms with Crippen LogP contribution < -0.4 is 18.9 Å². The molecule has 0 saturated carbocycles. The van der Waals surface area contributed by atoms with Crippen molar-refractivity contribution < 1.29 is 28.5 Å². The minimum Gasteiger partial charge on any atom is -0.494 e. The Hall–Kier alpha value is -6.68. The zero-order valence-electron chi connectivity index (χ0n) is 35.8. The van der Waals surface area contributed by atoms with E-state index in [4.69, 9.17) is 18.9 Å². The van der Waals surface area contributed by atoms with E-state index < -0.39 is 0 Å². The van der Waals surface area contributed by atoms with Gasteiger partial charge in [0.15, 0.2) is 0 Å². The fourth-order valence-corrected chi connectivity index (χ4v) is 6.49. The largest absolute Gasteiger partial charge is 0.494 e. The molecule has 6 aromatic rings. The molecular formula is C52H56N4O6. The van der Waals surface area contributed by atoms with Gasteiger partial charge in [-0.25, -0.2) is 0 Å². The molecule has 62 heavy (non-hydrogen) atoms. The Kier molecular flexibility index (Phi) is 17.8. The van der Waals surface area contributed by atoms with Crippen molar-refractivity contribution in [3.05, 3.63) is 145 Å². The van der Waals surface area contributed by atoms with E-state index in [0.29, 0.717) is 50.4 Å². The first kappa shape index (κ1) is 44.9. The summed E-state index contributed by atoms with van der Waals surface area (Å²) in [6.07, 6.45) is 10.1. The number of unbranched alkanes of at least 4 members (excludes halogenated alkanes) is 4. The first-order chi connectivity index (χ1) is 30.4. The van der Waals surface area contributed by atoms with Crippen LogP contribution in [0.5, 0.6) is 23.0 Å². The Morgan fingerprint density at radius 3 is 1.13 bits per heavy atom. The highest BCUT2D eigenvalue weighted by Gasteiger charge is 2.10. The molecule has 0 radical (unpaired) electrons. The molecule has 320 valence electrons. The van der Waals surface area contributed by atoms with Crippen molar-refractivity contribution in [2.24, 2.45) is 20.5 Å². The van der Waals surface area contributed by atoms with Gasteiger partial charge < -0.3 is 18.9 Å². The number of benzene rings is 6. The second-order valence-electron chi connectivity index (χ2n) is 15.2. The van der Waals surface area contributed by atoms with E-state index in [1.807, 2.05) is 84.9 Å². The monoisotopic (exact) mass is 832 g/mol. The van der Waals surface area contributed by atoms with Crippen LogP contribution in [0, 0.1) is 0 Å². The second kappa shape index (κ2) is 24.5. The number of rotatable bonds is 24. The summed E-state index contributed by atoms with van der Waals surface area (Å²) in [5, 5.41) is 19.1. The van der Waals surface area contributed by atoms with Gasteiger partial charge in [0.25, 0.3) is 0 Å². The summed E-state index contributed by atoms with van der Waals surface area (Å²) in [6, 6.07) is 42.2. The maximum Gasteiger partial charge on any atom is 0.311 e. The van der Waals surface area contributed by atoms with Crippen molar-refractivity contribution in [3.63, 3.8) is 0 Å². The summed E-state index contributed by atoms with van der Waals surface area (Å²) in [6.45, 7) is 5.34. The SMILES string of the molecule is CCCCc1ccc(N=Nc2ccc(OCCCCC(=O)Oc3ccc4ccc(OC(=O)CCCCOc5ccc(N=Nc6ccc(CCCC)cc6)cc5)cc4c3)cc2)cc1. The minimum absolute atomic E-state index is 0.261. The molecule has 0 unspecified atom stereocenters. The predicted molar refractivity (Wildman–Crippen MR) is 245 cm³/mol. The third-order valence-electron chi connectivity index (χ3n) is 10.1. The lowest BCUT2D eigenvalue weighted by Crippen LogP contribution is -2.09. The molecule has 0 fully saturated rings. The second-order valence-corrected chi connectivity index (χ2v) is 15.2. The third-order valence-corrected chi connectivity index (χ3v) is 10.1. The molecule has 0 spiro atoms. The molecule has 0 saturated heterocycles. The van der Waals surface area contributed by atoms with E-state index in [1.165, 1.54) is 36.8 Å². The minimum atomic E-state index is -0.320. The molecule has 6 aromatic carbocycles. The van der Waals surface area contributed by atoms with E-state index in [1.54, 1.807) is 24.3 Å². The summed E-state index contributed by atoms with van der Waals surface area (Å²) in [5.74, 6) is 1.70. The van der Waals surface area contributed by atoms with E-state index in [9.17, 15) is 9.59 Å². The standard InChI is InChI=1S/C52H56N4O6/c1-3-5-11-39-15-21-43(22-16-39)53-55-45-25-31-47(32-26-45)59-35-9-7-13-51(57)61-49-29-19-41-20-30-50(38-42(41)37-49)62-52(58)14-8-10-36-60-48-33-27-46(28-34-48)56-54-44-23-17-40(18-24-44)12-6-4-2/h15-34,37-38H,3-14,35-36H2,1-2H3. The van der Waals surface area contributed by atoms with Crippen LogP contribution in [-0.4, -0.2) is 25.2 Å². The Bertz CT molecular complexity index is 2200. The fourth-order valence-electron chi connectivity index (χ4n) is 6.49. The normalized spacial score (nSPS) is 11.3. The number of ether oxygens (including phenoxy) is 4. The van der Waals surface area contributed by atoms with Gasteiger partial charge in [-0.05, 0) is 170 Å². The molecule has 0 amide bonds. The summed E-state index contributed by atoms with van der Waals surface area (Å²) in [7, 11) is 0. The van der Waals surface area contributed by atoms with Crippen LogP contribution in [0.3, 0.4) is 0 Å². The molecule has 0 N–H and O–H groups in total. The highest BCUT2D eigenvalue weighted by molar-refractivity contribution is 5.87. The van der Waals surface area contributed by atoms with Crippen molar-refractivity contribution in [3.8, 4) is 23.0 Å². The van der Waals surface area contributed by atoms with Crippen LogP contribution in [0.4, 0.5) is 22.7 Å². The molecule has 0 aliphatic rings. The summed E-state index contributed by atoms with van der Waals surface area (Å²) in [4.78, 5) is 25.3. The first-order valence-electron chi connectivity index (χ1n) is 21.8. The number of nitrogens with zero attached hydrogens (tertiary/aromatic N) is 4. The average molecular weight is 833 g/mol. The Balaban J connectivity index is 0.839. The topological polar surface area (TPSA) is 121 Å². The van der Waals surface area contributed by atoms with E-state index >= 15 is 0 Å². The molecule has 0 bridgehead atoms. The van der Waals surface area contributed by atoms with Gasteiger partial charge in [-0.1, -0.05) is 63.1 Å². The number of fused-ring (bicyclic) bond motifs is 1. The van der Waals surface area contributed by atoms with Crippen LogP contribution in [0.25, 0.3) is 10.8 Å². The quantitative estimate of drug-likeness (QED) is 0.0259. The maximum atomic E-state index is 12.6. The number of carbonyl (C=O) groups is 2. The molecule has 0 aliphatic heterocycles. The van der Waals surface area contributed by atoms with Gasteiger partial charge in [0.05, 0.1) is 36.0 Å².